The number of methoxy groups -OCH3 is 1. The van der Waals surface area contributed by atoms with Gasteiger partial charge in [0.1, 0.15) is 17.5 Å². The largest absolute Gasteiger partial charge is 0.382 e. The van der Waals surface area contributed by atoms with Crippen LogP contribution in [-0.4, -0.2) is 27.4 Å². The Balaban J connectivity index is 2.22. The fourth-order valence-corrected chi connectivity index (χ4v) is 2.91. The van der Waals surface area contributed by atoms with Crippen molar-refractivity contribution in [1.82, 2.24) is 9.55 Å². The molecule has 1 saturated carbocycles. The SMILES string of the molecule is CCn1ccnc1C(O)C1(OC)CCC(C)CC1. The lowest BCUT2D eigenvalue weighted by atomic mass is 9.76. The summed E-state index contributed by atoms with van der Waals surface area (Å²) in [6.45, 7) is 5.14. The maximum atomic E-state index is 10.7. The van der Waals surface area contributed by atoms with Crippen molar-refractivity contribution in [2.24, 2.45) is 5.92 Å². The molecule has 1 unspecified atom stereocenters. The van der Waals surface area contributed by atoms with Crippen LogP contribution in [0.3, 0.4) is 0 Å². The van der Waals surface area contributed by atoms with Gasteiger partial charge in [-0.05, 0) is 38.5 Å². The lowest BCUT2D eigenvalue weighted by Gasteiger charge is -2.41. The van der Waals surface area contributed by atoms with E-state index in [0.29, 0.717) is 0 Å². The highest BCUT2D eigenvalue weighted by molar-refractivity contribution is 5.06. The van der Waals surface area contributed by atoms with E-state index in [1.165, 1.54) is 0 Å². The summed E-state index contributed by atoms with van der Waals surface area (Å²) in [5.41, 5.74) is -0.454. The number of hydrogen-bond acceptors (Lipinski definition) is 3. The van der Waals surface area contributed by atoms with Gasteiger partial charge in [0.05, 0.1) is 0 Å². The number of nitrogens with zero attached hydrogens (tertiary/aromatic N) is 2. The summed E-state index contributed by atoms with van der Waals surface area (Å²) in [5.74, 6) is 1.46. The van der Waals surface area contributed by atoms with E-state index in [1.54, 1.807) is 13.3 Å². The molecule has 4 heteroatoms. The molecule has 4 nitrogen and oxygen atoms in total. The molecule has 0 saturated heterocycles. The molecule has 0 radical (unpaired) electrons. The zero-order chi connectivity index (χ0) is 13.2. The number of hydrogen-bond donors (Lipinski definition) is 1. The summed E-state index contributed by atoms with van der Waals surface area (Å²) < 4.78 is 7.70. The van der Waals surface area contributed by atoms with Crippen molar-refractivity contribution in [2.45, 2.75) is 57.8 Å². The van der Waals surface area contributed by atoms with Crippen molar-refractivity contribution in [2.75, 3.05) is 7.11 Å². The fraction of sp³-hybridized carbons (Fsp3) is 0.786. The average molecular weight is 252 g/mol. The molecule has 1 aromatic heterocycles. The van der Waals surface area contributed by atoms with E-state index < -0.39 is 11.7 Å². The summed E-state index contributed by atoms with van der Waals surface area (Å²) in [7, 11) is 1.71. The van der Waals surface area contributed by atoms with Gasteiger partial charge in [-0.2, -0.15) is 0 Å². The molecule has 102 valence electrons. The van der Waals surface area contributed by atoms with Gasteiger partial charge in [0.2, 0.25) is 0 Å². The van der Waals surface area contributed by atoms with Gasteiger partial charge >= 0.3 is 0 Å². The van der Waals surface area contributed by atoms with E-state index in [-0.39, 0.29) is 0 Å². The Morgan fingerprint density at radius 2 is 2.22 bits per heavy atom. The molecule has 0 bridgehead atoms. The lowest BCUT2D eigenvalue weighted by Crippen LogP contribution is -2.42. The molecule has 2 rings (SSSR count). The number of rotatable bonds is 4. The third-order valence-corrected chi connectivity index (χ3v) is 4.36. The van der Waals surface area contributed by atoms with Crippen LogP contribution in [-0.2, 0) is 11.3 Å². The third kappa shape index (κ3) is 2.31. The first kappa shape index (κ1) is 13.6. The van der Waals surface area contributed by atoms with Gasteiger partial charge in [0.15, 0.2) is 0 Å². The monoisotopic (exact) mass is 252 g/mol. The molecule has 1 N–H and O–H groups in total. The first-order chi connectivity index (χ1) is 8.63. The average Bonchev–Trinajstić information content (AvgIpc) is 2.87. The Morgan fingerprint density at radius 3 is 2.78 bits per heavy atom. The first-order valence-corrected chi connectivity index (χ1v) is 6.87. The molecule has 1 aliphatic rings. The minimum atomic E-state index is -0.634. The minimum Gasteiger partial charge on any atom is -0.382 e. The number of aliphatic hydroxyl groups is 1. The van der Waals surface area contributed by atoms with Gasteiger partial charge in [-0.3, -0.25) is 0 Å². The zero-order valence-corrected chi connectivity index (χ0v) is 11.6. The number of aromatic nitrogens is 2. The van der Waals surface area contributed by atoms with Gasteiger partial charge in [-0.1, -0.05) is 6.92 Å². The minimum absolute atomic E-state index is 0.454. The van der Waals surface area contributed by atoms with Crippen molar-refractivity contribution in [1.29, 1.82) is 0 Å². The second kappa shape index (κ2) is 5.41. The standard InChI is InChI=1S/C14H24N2O2/c1-4-16-10-9-15-13(16)12(17)14(18-3)7-5-11(2)6-8-14/h9-12,17H,4-8H2,1-3H3. The van der Waals surface area contributed by atoms with E-state index in [2.05, 4.69) is 18.8 Å². The molecule has 18 heavy (non-hydrogen) atoms. The Hall–Kier alpha value is -0.870. The summed E-state index contributed by atoms with van der Waals surface area (Å²) in [4.78, 5) is 4.31. The molecule has 1 fully saturated rings. The Kier molecular flexibility index (Phi) is 4.07. The van der Waals surface area contributed by atoms with Crippen LogP contribution in [0.4, 0.5) is 0 Å². The molecule has 0 aliphatic heterocycles. The van der Waals surface area contributed by atoms with E-state index in [9.17, 15) is 5.11 Å². The zero-order valence-electron chi connectivity index (χ0n) is 11.6. The normalized spacial score (nSPS) is 30.3. The topological polar surface area (TPSA) is 47.3 Å². The fourth-order valence-electron chi connectivity index (χ4n) is 2.91. The van der Waals surface area contributed by atoms with Crippen LogP contribution in [0.1, 0.15) is 51.5 Å². The smallest absolute Gasteiger partial charge is 0.141 e. The summed E-state index contributed by atoms with van der Waals surface area (Å²) in [5, 5.41) is 10.7. The second-order valence-electron chi connectivity index (χ2n) is 5.43. The molecule has 1 aliphatic carbocycles. The molecule has 1 aromatic rings. The maximum absolute atomic E-state index is 10.7. The molecule has 1 heterocycles. The Labute approximate surface area is 109 Å². The number of ether oxygens (including phenoxy) is 1. The highest BCUT2D eigenvalue weighted by atomic mass is 16.5. The summed E-state index contributed by atoms with van der Waals surface area (Å²) >= 11 is 0. The van der Waals surface area contributed by atoms with Crippen LogP contribution < -0.4 is 0 Å². The first-order valence-electron chi connectivity index (χ1n) is 6.87. The van der Waals surface area contributed by atoms with Crippen molar-refractivity contribution in [3.63, 3.8) is 0 Å². The predicted molar refractivity (Wildman–Crippen MR) is 70.2 cm³/mol. The van der Waals surface area contributed by atoms with Gasteiger partial charge in [-0.25, -0.2) is 4.98 Å². The molecule has 0 spiro atoms. The van der Waals surface area contributed by atoms with Crippen molar-refractivity contribution in [3.05, 3.63) is 18.2 Å². The molecule has 0 amide bonds. The van der Waals surface area contributed by atoms with E-state index >= 15 is 0 Å². The number of aryl methyl sites for hydroxylation is 1. The van der Waals surface area contributed by atoms with Gasteiger partial charge < -0.3 is 14.4 Å². The molecular formula is C14H24N2O2. The van der Waals surface area contributed by atoms with Crippen LogP contribution >= 0.6 is 0 Å². The third-order valence-electron chi connectivity index (χ3n) is 4.36. The highest BCUT2D eigenvalue weighted by Crippen LogP contribution is 2.42. The maximum Gasteiger partial charge on any atom is 0.141 e. The van der Waals surface area contributed by atoms with Gasteiger partial charge in [-0.15, -0.1) is 0 Å². The quantitative estimate of drug-likeness (QED) is 0.895. The van der Waals surface area contributed by atoms with Crippen molar-refractivity contribution in [3.8, 4) is 0 Å². The second-order valence-corrected chi connectivity index (χ2v) is 5.43. The molecule has 0 aromatic carbocycles. The summed E-state index contributed by atoms with van der Waals surface area (Å²) in [6, 6.07) is 0. The molecular weight excluding hydrogens is 228 g/mol. The van der Waals surface area contributed by atoms with E-state index in [0.717, 1.165) is 44.0 Å². The van der Waals surface area contributed by atoms with Crippen molar-refractivity contribution < 1.29 is 9.84 Å². The van der Waals surface area contributed by atoms with Crippen LogP contribution in [0.25, 0.3) is 0 Å². The predicted octanol–water partition coefficient (Wildman–Crippen LogP) is 2.53. The Morgan fingerprint density at radius 1 is 1.56 bits per heavy atom. The van der Waals surface area contributed by atoms with Crippen LogP contribution in [0.2, 0.25) is 0 Å². The molecule has 1 atom stereocenters. The Bertz CT molecular complexity index is 381. The number of aliphatic hydroxyl groups excluding tert-OH is 1. The number of imidazole rings is 1. The van der Waals surface area contributed by atoms with Crippen LogP contribution in [0.5, 0.6) is 0 Å². The van der Waals surface area contributed by atoms with Crippen LogP contribution in [0.15, 0.2) is 12.4 Å². The van der Waals surface area contributed by atoms with Crippen LogP contribution in [0, 0.1) is 5.92 Å². The summed E-state index contributed by atoms with van der Waals surface area (Å²) in [6.07, 6.45) is 7.05. The van der Waals surface area contributed by atoms with Gasteiger partial charge in [0.25, 0.3) is 0 Å². The highest BCUT2D eigenvalue weighted by Gasteiger charge is 2.43. The van der Waals surface area contributed by atoms with E-state index in [4.69, 9.17) is 4.74 Å². The lowest BCUT2D eigenvalue weighted by molar-refractivity contribution is -0.134. The van der Waals surface area contributed by atoms with Gasteiger partial charge in [0, 0.05) is 26.0 Å². The van der Waals surface area contributed by atoms with Crippen molar-refractivity contribution >= 4 is 0 Å². The van der Waals surface area contributed by atoms with E-state index in [1.807, 2.05) is 10.8 Å².